The van der Waals surface area contributed by atoms with Crippen LogP contribution in [0.15, 0.2) is 28.2 Å². The van der Waals surface area contributed by atoms with Gasteiger partial charge in [0.15, 0.2) is 0 Å². The van der Waals surface area contributed by atoms with Gasteiger partial charge in [-0.1, -0.05) is 0 Å². The van der Waals surface area contributed by atoms with Crippen molar-refractivity contribution in [3.63, 3.8) is 0 Å². The molecule has 0 fully saturated rings. The molecule has 0 bridgehead atoms. The minimum atomic E-state index is 0.438. The standard InChI is InChI=1S/C11H13BrN4S/c1-16(6-10-4-8(12)7-17-10)11-14-3-2-9(5-13)15-11/h2-4,7H,5-6,13H2,1H3. The van der Waals surface area contributed by atoms with Gasteiger partial charge >= 0.3 is 0 Å². The highest BCUT2D eigenvalue weighted by Gasteiger charge is 2.07. The second-order valence-corrected chi connectivity index (χ2v) is 5.55. The number of anilines is 1. The zero-order chi connectivity index (χ0) is 12.3. The molecule has 0 unspecified atom stereocenters. The van der Waals surface area contributed by atoms with E-state index in [0.29, 0.717) is 12.5 Å². The smallest absolute Gasteiger partial charge is 0.225 e. The summed E-state index contributed by atoms with van der Waals surface area (Å²) in [6, 6.07) is 3.94. The van der Waals surface area contributed by atoms with Gasteiger partial charge in [-0.25, -0.2) is 9.97 Å². The van der Waals surface area contributed by atoms with Crippen molar-refractivity contribution in [2.24, 2.45) is 5.73 Å². The second-order valence-electron chi connectivity index (χ2n) is 3.64. The SMILES string of the molecule is CN(Cc1cc(Br)cs1)c1nccc(CN)n1. The van der Waals surface area contributed by atoms with Crippen LogP contribution in [-0.4, -0.2) is 17.0 Å². The van der Waals surface area contributed by atoms with E-state index < -0.39 is 0 Å². The first-order chi connectivity index (χ1) is 8.19. The molecule has 2 aromatic heterocycles. The summed E-state index contributed by atoms with van der Waals surface area (Å²) in [6.45, 7) is 1.23. The van der Waals surface area contributed by atoms with E-state index in [9.17, 15) is 0 Å². The maximum atomic E-state index is 5.56. The van der Waals surface area contributed by atoms with Crippen LogP contribution in [0.25, 0.3) is 0 Å². The molecule has 2 rings (SSSR count). The Balaban J connectivity index is 2.11. The van der Waals surface area contributed by atoms with E-state index in [0.717, 1.165) is 16.7 Å². The summed E-state index contributed by atoms with van der Waals surface area (Å²) in [7, 11) is 1.98. The third-order valence-electron chi connectivity index (χ3n) is 2.27. The van der Waals surface area contributed by atoms with Crippen LogP contribution in [0.4, 0.5) is 5.95 Å². The fourth-order valence-corrected chi connectivity index (χ4v) is 2.93. The number of nitrogens with two attached hydrogens (primary N) is 1. The first-order valence-electron chi connectivity index (χ1n) is 5.15. The maximum Gasteiger partial charge on any atom is 0.225 e. The lowest BCUT2D eigenvalue weighted by molar-refractivity contribution is 0.853. The van der Waals surface area contributed by atoms with Crippen LogP contribution in [0, 0.1) is 0 Å². The van der Waals surface area contributed by atoms with Gasteiger partial charge in [0.25, 0.3) is 0 Å². The highest BCUT2D eigenvalue weighted by Crippen LogP contribution is 2.21. The molecule has 2 aromatic rings. The molecule has 0 spiro atoms. The van der Waals surface area contributed by atoms with Gasteiger partial charge in [-0.3, -0.25) is 0 Å². The molecule has 0 aromatic carbocycles. The van der Waals surface area contributed by atoms with Crippen LogP contribution >= 0.6 is 27.3 Å². The zero-order valence-electron chi connectivity index (χ0n) is 9.43. The van der Waals surface area contributed by atoms with E-state index in [2.05, 4.69) is 37.3 Å². The Morgan fingerprint density at radius 3 is 3.00 bits per heavy atom. The molecular weight excluding hydrogens is 300 g/mol. The minimum absolute atomic E-state index is 0.438. The van der Waals surface area contributed by atoms with Gasteiger partial charge in [0.1, 0.15) is 0 Å². The summed E-state index contributed by atoms with van der Waals surface area (Å²) in [5.41, 5.74) is 6.42. The summed E-state index contributed by atoms with van der Waals surface area (Å²) < 4.78 is 1.11. The number of halogens is 1. The van der Waals surface area contributed by atoms with Crippen LogP contribution in [0.1, 0.15) is 10.6 Å². The lowest BCUT2D eigenvalue weighted by Crippen LogP contribution is -2.19. The van der Waals surface area contributed by atoms with Gasteiger partial charge in [-0.15, -0.1) is 11.3 Å². The molecule has 2 heterocycles. The minimum Gasteiger partial charge on any atom is -0.339 e. The number of thiophene rings is 1. The lowest BCUT2D eigenvalue weighted by atomic mass is 10.4. The molecule has 90 valence electrons. The van der Waals surface area contributed by atoms with E-state index in [1.54, 1.807) is 17.5 Å². The van der Waals surface area contributed by atoms with E-state index >= 15 is 0 Å². The molecule has 2 N–H and O–H groups in total. The number of nitrogens with zero attached hydrogens (tertiary/aromatic N) is 3. The van der Waals surface area contributed by atoms with Crippen LogP contribution < -0.4 is 10.6 Å². The third kappa shape index (κ3) is 3.24. The molecule has 0 aliphatic carbocycles. The van der Waals surface area contributed by atoms with Gasteiger partial charge < -0.3 is 10.6 Å². The molecule has 0 atom stereocenters. The maximum absolute atomic E-state index is 5.56. The molecular formula is C11H13BrN4S. The first kappa shape index (κ1) is 12.5. The van der Waals surface area contributed by atoms with E-state index in [1.807, 2.05) is 18.0 Å². The molecule has 0 aliphatic rings. The van der Waals surface area contributed by atoms with Crippen molar-refractivity contribution in [3.05, 3.63) is 38.8 Å². The monoisotopic (exact) mass is 312 g/mol. The zero-order valence-corrected chi connectivity index (χ0v) is 11.8. The summed E-state index contributed by atoms with van der Waals surface area (Å²) >= 11 is 5.16. The Labute approximate surface area is 113 Å². The predicted molar refractivity (Wildman–Crippen MR) is 74.0 cm³/mol. The fourth-order valence-electron chi connectivity index (χ4n) is 1.42. The fraction of sp³-hybridized carbons (Fsp3) is 0.273. The number of aromatic nitrogens is 2. The van der Waals surface area contributed by atoms with Gasteiger partial charge in [0.05, 0.1) is 12.2 Å². The van der Waals surface area contributed by atoms with Crippen molar-refractivity contribution in [2.75, 3.05) is 11.9 Å². The summed E-state index contributed by atoms with van der Waals surface area (Å²) in [5, 5.41) is 2.07. The molecule has 4 nitrogen and oxygen atoms in total. The Kier molecular flexibility index (Phi) is 4.09. The number of hydrogen-bond acceptors (Lipinski definition) is 5. The van der Waals surface area contributed by atoms with Crippen molar-refractivity contribution in [1.82, 2.24) is 9.97 Å². The van der Waals surface area contributed by atoms with Gasteiger partial charge in [-0.2, -0.15) is 0 Å². The Morgan fingerprint density at radius 1 is 1.53 bits per heavy atom. The topological polar surface area (TPSA) is 55.0 Å². The number of rotatable bonds is 4. The van der Waals surface area contributed by atoms with E-state index in [4.69, 9.17) is 5.73 Å². The predicted octanol–water partition coefficient (Wildman–Crippen LogP) is 2.40. The van der Waals surface area contributed by atoms with Crippen LogP contribution in [0.3, 0.4) is 0 Å². The summed E-state index contributed by atoms with van der Waals surface area (Å²) in [6.07, 6.45) is 1.74. The molecule has 0 amide bonds. The molecule has 17 heavy (non-hydrogen) atoms. The van der Waals surface area contributed by atoms with Crippen molar-refractivity contribution < 1.29 is 0 Å². The molecule has 6 heteroatoms. The molecule has 0 saturated carbocycles. The van der Waals surface area contributed by atoms with Gasteiger partial charge in [0.2, 0.25) is 5.95 Å². The Morgan fingerprint density at radius 2 is 2.35 bits per heavy atom. The van der Waals surface area contributed by atoms with Crippen LogP contribution in [0.5, 0.6) is 0 Å². The highest BCUT2D eigenvalue weighted by molar-refractivity contribution is 9.10. The lowest BCUT2D eigenvalue weighted by Gasteiger charge is -2.16. The average Bonchev–Trinajstić information content (AvgIpc) is 2.75. The second kappa shape index (κ2) is 5.57. The average molecular weight is 313 g/mol. The van der Waals surface area contributed by atoms with Crippen LogP contribution in [-0.2, 0) is 13.1 Å². The van der Waals surface area contributed by atoms with E-state index in [1.165, 1.54) is 4.88 Å². The van der Waals surface area contributed by atoms with Crippen molar-refractivity contribution in [2.45, 2.75) is 13.1 Å². The van der Waals surface area contributed by atoms with E-state index in [-0.39, 0.29) is 0 Å². The van der Waals surface area contributed by atoms with Gasteiger partial charge in [-0.05, 0) is 28.1 Å². The molecule has 0 saturated heterocycles. The Bertz CT molecular complexity index is 500. The normalized spacial score (nSPS) is 10.5. The van der Waals surface area contributed by atoms with Crippen molar-refractivity contribution in [3.8, 4) is 0 Å². The summed E-state index contributed by atoms with van der Waals surface area (Å²) in [4.78, 5) is 11.9. The summed E-state index contributed by atoms with van der Waals surface area (Å²) in [5.74, 6) is 0.706. The molecule has 0 radical (unpaired) electrons. The van der Waals surface area contributed by atoms with Crippen molar-refractivity contribution in [1.29, 1.82) is 0 Å². The molecule has 0 aliphatic heterocycles. The van der Waals surface area contributed by atoms with Crippen LogP contribution in [0.2, 0.25) is 0 Å². The quantitative estimate of drug-likeness (QED) is 0.942. The van der Waals surface area contributed by atoms with Crippen molar-refractivity contribution >= 4 is 33.2 Å². The highest BCUT2D eigenvalue weighted by atomic mass is 79.9. The third-order valence-corrected chi connectivity index (χ3v) is 3.95. The largest absolute Gasteiger partial charge is 0.339 e. The Hall–Kier alpha value is -0.980. The number of hydrogen-bond donors (Lipinski definition) is 1. The van der Waals surface area contributed by atoms with Gasteiger partial charge in [0, 0.05) is 34.5 Å². The first-order valence-corrected chi connectivity index (χ1v) is 6.82.